The minimum Gasteiger partial charge on any atom is -0.495 e. The number of anilines is 1. The van der Waals surface area contributed by atoms with Gasteiger partial charge in [-0.1, -0.05) is 23.2 Å². The van der Waals surface area contributed by atoms with Gasteiger partial charge in [0.2, 0.25) is 5.91 Å². The molecule has 1 N–H and O–H groups in total. The van der Waals surface area contributed by atoms with Crippen molar-refractivity contribution in [1.82, 2.24) is 0 Å². The van der Waals surface area contributed by atoms with E-state index >= 15 is 0 Å². The zero-order valence-corrected chi connectivity index (χ0v) is 10.9. The Balaban J connectivity index is 2.91. The van der Waals surface area contributed by atoms with Crippen LogP contribution in [0.2, 0.25) is 10.0 Å². The average molecular weight is 276 g/mol. The quantitative estimate of drug-likeness (QED) is 0.860. The molecule has 6 heteroatoms. The summed E-state index contributed by atoms with van der Waals surface area (Å²) in [5.74, 6) is -0.252. The summed E-state index contributed by atoms with van der Waals surface area (Å²) in [6.45, 7) is 1.34. The first-order chi connectivity index (χ1) is 7.93. The third-order valence-corrected chi connectivity index (χ3v) is 2.53. The van der Waals surface area contributed by atoms with Crippen molar-refractivity contribution >= 4 is 40.6 Å². The van der Waals surface area contributed by atoms with Crippen molar-refractivity contribution < 1.29 is 14.3 Å². The molecule has 0 aliphatic heterocycles. The number of nitrogens with one attached hydrogen (secondary N) is 1. The lowest BCUT2D eigenvalue weighted by atomic mass is 10.2. The van der Waals surface area contributed by atoms with Crippen LogP contribution in [-0.2, 0) is 9.59 Å². The second kappa shape index (κ2) is 5.89. The Morgan fingerprint density at radius 3 is 2.47 bits per heavy atom. The fourth-order valence-electron chi connectivity index (χ4n) is 1.20. The minimum atomic E-state index is -0.427. The van der Waals surface area contributed by atoms with Crippen LogP contribution >= 0.6 is 23.2 Å². The van der Waals surface area contributed by atoms with Gasteiger partial charge < -0.3 is 10.1 Å². The monoisotopic (exact) mass is 275 g/mol. The summed E-state index contributed by atoms with van der Waals surface area (Å²) in [5, 5.41) is 3.15. The molecule has 0 heterocycles. The van der Waals surface area contributed by atoms with Gasteiger partial charge in [-0.3, -0.25) is 9.59 Å². The van der Waals surface area contributed by atoms with Crippen LogP contribution in [-0.4, -0.2) is 18.8 Å². The SMILES string of the molecule is COc1cc(NC(=O)CC(C)=O)c(Cl)cc1Cl. The number of ether oxygens (including phenoxy) is 1. The maximum atomic E-state index is 11.4. The van der Waals surface area contributed by atoms with Gasteiger partial charge in [-0.25, -0.2) is 0 Å². The molecule has 4 nitrogen and oxygen atoms in total. The Kier molecular flexibility index (Phi) is 4.78. The number of methoxy groups -OCH3 is 1. The first-order valence-electron chi connectivity index (χ1n) is 4.76. The molecule has 0 saturated carbocycles. The minimum absolute atomic E-state index is 0.193. The summed E-state index contributed by atoms with van der Waals surface area (Å²) in [4.78, 5) is 22.2. The maximum Gasteiger partial charge on any atom is 0.231 e. The standard InChI is InChI=1S/C11H11Cl2NO3/c1-6(15)3-11(16)14-9-5-10(17-2)8(13)4-7(9)12/h4-5H,3H2,1-2H3,(H,14,16). The third kappa shape index (κ3) is 3.91. The van der Waals surface area contributed by atoms with Gasteiger partial charge in [0.1, 0.15) is 11.5 Å². The Morgan fingerprint density at radius 1 is 1.29 bits per heavy atom. The van der Waals surface area contributed by atoms with E-state index in [1.165, 1.54) is 26.2 Å². The van der Waals surface area contributed by atoms with E-state index in [-0.39, 0.29) is 17.2 Å². The lowest BCUT2D eigenvalue weighted by Gasteiger charge is -2.10. The summed E-state index contributed by atoms with van der Waals surface area (Å²) in [6, 6.07) is 2.97. The van der Waals surface area contributed by atoms with Crippen LogP contribution in [0.25, 0.3) is 0 Å². The Hall–Kier alpha value is -1.26. The van der Waals surface area contributed by atoms with E-state index < -0.39 is 5.91 Å². The first-order valence-corrected chi connectivity index (χ1v) is 5.52. The molecule has 17 heavy (non-hydrogen) atoms. The average Bonchev–Trinajstić information content (AvgIpc) is 2.20. The highest BCUT2D eigenvalue weighted by Crippen LogP contribution is 2.34. The van der Waals surface area contributed by atoms with Gasteiger partial charge in [0.05, 0.1) is 29.3 Å². The normalized spacial score (nSPS) is 9.88. The molecular weight excluding hydrogens is 265 g/mol. The van der Waals surface area contributed by atoms with Crippen LogP contribution in [0.15, 0.2) is 12.1 Å². The van der Waals surface area contributed by atoms with E-state index in [1.807, 2.05) is 0 Å². The predicted molar refractivity (Wildman–Crippen MR) is 66.9 cm³/mol. The second-order valence-electron chi connectivity index (χ2n) is 3.39. The van der Waals surface area contributed by atoms with Gasteiger partial charge in [0.25, 0.3) is 0 Å². The topological polar surface area (TPSA) is 55.4 Å². The largest absolute Gasteiger partial charge is 0.495 e. The lowest BCUT2D eigenvalue weighted by Crippen LogP contribution is -2.15. The highest BCUT2D eigenvalue weighted by molar-refractivity contribution is 6.37. The van der Waals surface area contributed by atoms with Crippen LogP contribution in [0.5, 0.6) is 5.75 Å². The van der Waals surface area contributed by atoms with Crippen LogP contribution in [0, 0.1) is 0 Å². The Bertz CT molecular complexity index is 460. The van der Waals surface area contributed by atoms with Gasteiger partial charge in [0.15, 0.2) is 0 Å². The summed E-state index contributed by atoms with van der Waals surface area (Å²) >= 11 is 11.7. The number of rotatable bonds is 4. The zero-order valence-electron chi connectivity index (χ0n) is 9.34. The molecule has 0 radical (unpaired) electrons. The predicted octanol–water partition coefficient (Wildman–Crippen LogP) is 2.92. The molecule has 1 aromatic carbocycles. The molecule has 0 spiro atoms. The molecule has 0 aliphatic rings. The highest BCUT2D eigenvalue weighted by Gasteiger charge is 2.11. The number of Topliss-reactive ketones (excluding diaryl/α,β-unsaturated/α-hetero) is 1. The summed E-state index contributed by atoms with van der Waals surface area (Å²) in [7, 11) is 1.45. The Morgan fingerprint density at radius 2 is 1.94 bits per heavy atom. The maximum absolute atomic E-state index is 11.4. The molecule has 0 aliphatic carbocycles. The molecule has 0 unspecified atom stereocenters. The van der Waals surface area contributed by atoms with Gasteiger partial charge >= 0.3 is 0 Å². The molecule has 1 aromatic rings. The van der Waals surface area contributed by atoms with Crippen molar-refractivity contribution in [3.63, 3.8) is 0 Å². The molecular formula is C11H11Cl2NO3. The fourth-order valence-corrected chi connectivity index (χ4v) is 1.71. The van der Waals surface area contributed by atoms with E-state index in [1.54, 1.807) is 0 Å². The van der Waals surface area contributed by atoms with E-state index in [0.29, 0.717) is 16.5 Å². The van der Waals surface area contributed by atoms with E-state index in [4.69, 9.17) is 27.9 Å². The number of hydrogen-bond donors (Lipinski definition) is 1. The van der Waals surface area contributed by atoms with E-state index in [9.17, 15) is 9.59 Å². The molecule has 0 saturated heterocycles. The number of carbonyl (C=O) groups is 2. The van der Waals surface area contributed by atoms with Crippen LogP contribution in [0.1, 0.15) is 13.3 Å². The van der Waals surface area contributed by atoms with Crippen molar-refractivity contribution in [3.05, 3.63) is 22.2 Å². The second-order valence-corrected chi connectivity index (χ2v) is 4.21. The van der Waals surface area contributed by atoms with Crippen molar-refractivity contribution in [3.8, 4) is 5.75 Å². The molecule has 92 valence electrons. The smallest absolute Gasteiger partial charge is 0.231 e. The van der Waals surface area contributed by atoms with Crippen molar-refractivity contribution in [2.75, 3.05) is 12.4 Å². The number of ketones is 1. The fraction of sp³-hybridized carbons (Fsp3) is 0.273. The van der Waals surface area contributed by atoms with Crippen molar-refractivity contribution in [2.45, 2.75) is 13.3 Å². The summed E-state index contributed by atoms with van der Waals surface area (Å²) in [5.41, 5.74) is 0.360. The van der Waals surface area contributed by atoms with Gasteiger partial charge in [-0.05, 0) is 13.0 Å². The number of halogens is 2. The third-order valence-electron chi connectivity index (χ3n) is 1.93. The van der Waals surface area contributed by atoms with Gasteiger partial charge in [-0.2, -0.15) is 0 Å². The molecule has 0 fully saturated rings. The van der Waals surface area contributed by atoms with Crippen molar-refractivity contribution in [2.24, 2.45) is 0 Å². The number of hydrogen-bond acceptors (Lipinski definition) is 3. The molecule has 0 atom stereocenters. The van der Waals surface area contributed by atoms with Crippen LogP contribution in [0.4, 0.5) is 5.69 Å². The number of amides is 1. The summed E-state index contributed by atoms with van der Waals surface area (Å²) < 4.78 is 4.99. The van der Waals surface area contributed by atoms with Gasteiger partial charge in [0, 0.05) is 6.07 Å². The first kappa shape index (κ1) is 13.8. The lowest BCUT2D eigenvalue weighted by molar-refractivity contribution is -0.124. The number of carbonyl (C=O) groups excluding carboxylic acids is 2. The molecule has 0 aromatic heterocycles. The van der Waals surface area contributed by atoms with E-state index in [0.717, 1.165) is 0 Å². The number of benzene rings is 1. The van der Waals surface area contributed by atoms with E-state index in [2.05, 4.69) is 5.32 Å². The zero-order chi connectivity index (χ0) is 13.0. The van der Waals surface area contributed by atoms with Crippen molar-refractivity contribution in [1.29, 1.82) is 0 Å². The Labute approximate surface area is 109 Å². The summed E-state index contributed by atoms with van der Waals surface area (Å²) in [6.07, 6.45) is -0.193. The van der Waals surface area contributed by atoms with Gasteiger partial charge in [-0.15, -0.1) is 0 Å². The molecule has 1 amide bonds. The van der Waals surface area contributed by atoms with Crippen LogP contribution in [0.3, 0.4) is 0 Å². The van der Waals surface area contributed by atoms with Crippen LogP contribution < -0.4 is 10.1 Å². The highest BCUT2D eigenvalue weighted by atomic mass is 35.5. The molecule has 0 bridgehead atoms. The molecule has 1 rings (SSSR count).